The number of carbonyl (C=O) groups excluding carboxylic acids is 1. The lowest BCUT2D eigenvalue weighted by molar-refractivity contribution is 0.0575. The molecule has 6 nitrogen and oxygen atoms in total. The van der Waals surface area contributed by atoms with Gasteiger partial charge in [-0.3, -0.25) is 9.69 Å². The van der Waals surface area contributed by atoms with Crippen LogP contribution in [0, 0.1) is 0 Å². The molecular weight excluding hydrogens is 346 g/mol. The highest BCUT2D eigenvalue weighted by Crippen LogP contribution is 2.19. The van der Waals surface area contributed by atoms with Crippen molar-refractivity contribution in [2.75, 3.05) is 13.2 Å². The summed E-state index contributed by atoms with van der Waals surface area (Å²) in [5, 5.41) is 10.5. The van der Waals surface area contributed by atoms with E-state index in [0.717, 1.165) is 11.5 Å². The smallest absolute Gasteiger partial charge is 0.163 e. The summed E-state index contributed by atoms with van der Waals surface area (Å²) >= 11 is 0. The number of aliphatic hydroxyl groups is 1. The summed E-state index contributed by atoms with van der Waals surface area (Å²) in [6.45, 7) is 3.01. The summed E-state index contributed by atoms with van der Waals surface area (Å²) in [6.07, 6.45) is 2.51. The Hall–Kier alpha value is -2.83. The molecule has 0 aliphatic heterocycles. The van der Waals surface area contributed by atoms with Gasteiger partial charge in [0.05, 0.1) is 31.2 Å². The Morgan fingerprint density at radius 3 is 2.22 bits per heavy atom. The third-order valence-electron chi connectivity index (χ3n) is 4.09. The standard InChI is InChI=1S/C21H23NO5/c1-16(23)20-8-2-3-9-21(20)27-15-17(24)12-22(13-18-6-4-10-25-18)14-19-7-5-11-26-19/h2-11,17,24H,12-15H2,1H3. The van der Waals surface area contributed by atoms with Gasteiger partial charge >= 0.3 is 0 Å². The van der Waals surface area contributed by atoms with Crippen LogP contribution >= 0.6 is 0 Å². The summed E-state index contributed by atoms with van der Waals surface area (Å²) in [7, 11) is 0. The minimum atomic E-state index is -0.741. The van der Waals surface area contributed by atoms with Crippen molar-refractivity contribution in [1.82, 2.24) is 4.90 Å². The molecular formula is C21H23NO5. The van der Waals surface area contributed by atoms with Crippen molar-refractivity contribution in [3.05, 3.63) is 78.1 Å². The molecule has 27 heavy (non-hydrogen) atoms. The van der Waals surface area contributed by atoms with Gasteiger partial charge in [-0.15, -0.1) is 0 Å². The van der Waals surface area contributed by atoms with Gasteiger partial charge < -0.3 is 18.7 Å². The quantitative estimate of drug-likeness (QED) is 0.551. The molecule has 3 aromatic rings. The van der Waals surface area contributed by atoms with Crippen LogP contribution in [0.5, 0.6) is 5.75 Å². The largest absolute Gasteiger partial charge is 0.490 e. The Morgan fingerprint density at radius 1 is 1.04 bits per heavy atom. The molecule has 0 saturated carbocycles. The second-order valence-corrected chi connectivity index (χ2v) is 6.35. The first-order chi connectivity index (χ1) is 13.1. The lowest BCUT2D eigenvalue weighted by Gasteiger charge is -2.23. The number of rotatable bonds is 10. The summed E-state index contributed by atoms with van der Waals surface area (Å²) in [5.74, 6) is 2.01. The van der Waals surface area contributed by atoms with Crippen LogP contribution in [-0.2, 0) is 13.1 Å². The van der Waals surface area contributed by atoms with Crippen molar-refractivity contribution < 1.29 is 23.5 Å². The number of para-hydroxylation sites is 1. The lowest BCUT2D eigenvalue weighted by Crippen LogP contribution is -2.35. The maximum Gasteiger partial charge on any atom is 0.163 e. The van der Waals surface area contributed by atoms with Crippen molar-refractivity contribution >= 4 is 5.78 Å². The van der Waals surface area contributed by atoms with Gasteiger partial charge in [-0.2, -0.15) is 0 Å². The number of carbonyl (C=O) groups is 1. The Bertz CT molecular complexity index is 790. The summed E-state index contributed by atoms with van der Waals surface area (Å²) < 4.78 is 16.5. The van der Waals surface area contributed by atoms with Gasteiger partial charge in [0.25, 0.3) is 0 Å². The highest BCUT2D eigenvalue weighted by atomic mass is 16.5. The molecule has 1 N–H and O–H groups in total. The Kier molecular flexibility index (Phi) is 6.46. The Morgan fingerprint density at radius 2 is 1.67 bits per heavy atom. The van der Waals surface area contributed by atoms with Gasteiger partial charge in [-0.1, -0.05) is 12.1 Å². The molecule has 6 heteroatoms. The van der Waals surface area contributed by atoms with E-state index in [-0.39, 0.29) is 12.4 Å². The number of furan rings is 2. The van der Waals surface area contributed by atoms with E-state index in [9.17, 15) is 9.90 Å². The van der Waals surface area contributed by atoms with E-state index in [1.165, 1.54) is 6.92 Å². The molecule has 1 aromatic carbocycles. The summed E-state index contributed by atoms with van der Waals surface area (Å²) in [6, 6.07) is 14.5. The molecule has 0 bridgehead atoms. The van der Waals surface area contributed by atoms with Crippen LogP contribution in [0.2, 0.25) is 0 Å². The monoisotopic (exact) mass is 369 g/mol. The first-order valence-electron chi connectivity index (χ1n) is 8.80. The van der Waals surface area contributed by atoms with E-state index in [1.54, 1.807) is 36.8 Å². The fraction of sp³-hybridized carbons (Fsp3) is 0.286. The van der Waals surface area contributed by atoms with Crippen LogP contribution in [-0.4, -0.2) is 35.0 Å². The summed E-state index contributed by atoms with van der Waals surface area (Å²) in [4.78, 5) is 13.7. The zero-order chi connectivity index (χ0) is 19.1. The zero-order valence-corrected chi connectivity index (χ0v) is 15.2. The lowest BCUT2D eigenvalue weighted by atomic mass is 10.1. The molecule has 1 unspecified atom stereocenters. The van der Waals surface area contributed by atoms with Crippen LogP contribution in [0.4, 0.5) is 0 Å². The van der Waals surface area contributed by atoms with Gasteiger partial charge in [0.2, 0.25) is 0 Å². The number of aliphatic hydroxyl groups excluding tert-OH is 1. The fourth-order valence-corrected chi connectivity index (χ4v) is 2.85. The molecule has 2 heterocycles. The Labute approximate surface area is 158 Å². The average Bonchev–Trinajstić information content (AvgIpc) is 3.34. The van der Waals surface area contributed by atoms with E-state index in [0.29, 0.717) is 30.9 Å². The van der Waals surface area contributed by atoms with E-state index in [1.807, 2.05) is 29.2 Å². The molecule has 0 aliphatic rings. The average molecular weight is 369 g/mol. The van der Waals surface area contributed by atoms with Crippen LogP contribution < -0.4 is 4.74 Å². The second kappa shape index (κ2) is 9.21. The first-order valence-corrected chi connectivity index (χ1v) is 8.80. The van der Waals surface area contributed by atoms with Crippen LogP contribution in [0.25, 0.3) is 0 Å². The van der Waals surface area contributed by atoms with Gasteiger partial charge in [0.15, 0.2) is 5.78 Å². The van der Waals surface area contributed by atoms with E-state index < -0.39 is 6.10 Å². The first kappa shape index (κ1) is 18.9. The van der Waals surface area contributed by atoms with E-state index >= 15 is 0 Å². The predicted octanol–water partition coefficient (Wildman–Crippen LogP) is 3.52. The highest BCUT2D eigenvalue weighted by molar-refractivity contribution is 5.96. The minimum absolute atomic E-state index is 0.0719. The topological polar surface area (TPSA) is 76.1 Å². The molecule has 3 rings (SSSR count). The molecule has 0 fully saturated rings. The number of ether oxygens (including phenoxy) is 1. The third kappa shape index (κ3) is 5.57. The van der Waals surface area contributed by atoms with E-state index in [2.05, 4.69) is 0 Å². The molecule has 0 radical (unpaired) electrons. The fourth-order valence-electron chi connectivity index (χ4n) is 2.85. The van der Waals surface area contributed by atoms with Crippen molar-refractivity contribution in [2.24, 2.45) is 0 Å². The molecule has 0 spiro atoms. The normalized spacial score (nSPS) is 12.3. The zero-order valence-electron chi connectivity index (χ0n) is 15.2. The number of Topliss-reactive ketones (excluding diaryl/α,β-unsaturated/α-hetero) is 1. The van der Waals surface area contributed by atoms with Gasteiger partial charge in [0, 0.05) is 6.54 Å². The van der Waals surface area contributed by atoms with Crippen molar-refractivity contribution in [3.63, 3.8) is 0 Å². The maximum atomic E-state index is 11.7. The highest BCUT2D eigenvalue weighted by Gasteiger charge is 2.17. The van der Waals surface area contributed by atoms with Crippen molar-refractivity contribution in [3.8, 4) is 5.75 Å². The molecule has 1 atom stereocenters. The molecule has 2 aromatic heterocycles. The molecule has 0 saturated heterocycles. The number of hydrogen-bond donors (Lipinski definition) is 1. The predicted molar refractivity (Wildman–Crippen MR) is 99.5 cm³/mol. The SMILES string of the molecule is CC(=O)c1ccccc1OCC(O)CN(Cc1ccco1)Cc1ccco1. The number of nitrogens with zero attached hydrogens (tertiary/aromatic N) is 1. The van der Waals surface area contributed by atoms with Gasteiger partial charge in [-0.05, 0) is 43.3 Å². The van der Waals surface area contributed by atoms with Gasteiger partial charge in [-0.25, -0.2) is 0 Å². The van der Waals surface area contributed by atoms with E-state index in [4.69, 9.17) is 13.6 Å². The van der Waals surface area contributed by atoms with Gasteiger partial charge in [0.1, 0.15) is 30.0 Å². The van der Waals surface area contributed by atoms with Crippen LogP contribution in [0.3, 0.4) is 0 Å². The second-order valence-electron chi connectivity index (χ2n) is 6.35. The number of ketones is 1. The number of benzene rings is 1. The molecule has 0 amide bonds. The number of hydrogen-bond acceptors (Lipinski definition) is 6. The summed E-state index contributed by atoms with van der Waals surface area (Å²) in [5.41, 5.74) is 0.507. The van der Waals surface area contributed by atoms with Crippen molar-refractivity contribution in [2.45, 2.75) is 26.1 Å². The molecule has 142 valence electrons. The third-order valence-corrected chi connectivity index (χ3v) is 4.09. The van der Waals surface area contributed by atoms with Crippen LogP contribution in [0.1, 0.15) is 28.8 Å². The minimum Gasteiger partial charge on any atom is -0.490 e. The maximum absolute atomic E-state index is 11.7. The Balaban J connectivity index is 1.60. The van der Waals surface area contributed by atoms with Crippen molar-refractivity contribution in [1.29, 1.82) is 0 Å². The van der Waals surface area contributed by atoms with Crippen LogP contribution in [0.15, 0.2) is 69.9 Å². The molecule has 0 aliphatic carbocycles.